The summed E-state index contributed by atoms with van der Waals surface area (Å²) in [6.45, 7) is 2.15. The van der Waals surface area contributed by atoms with Gasteiger partial charge in [-0.1, -0.05) is 41.4 Å². The van der Waals surface area contributed by atoms with Crippen LogP contribution in [0.5, 0.6) is 0 Å². The molecular weight excluding hydrogens is 349 g/mol. The first kappa shape index (κ1) is 16.8. The average molecular weight is 364 g/mol. The predicted molar refractivity (Wildman–Crippen MR) is 93.8 cm³/mol. The summed E-state index contributed by atoms with van der Waals surface area (Å²) < 4.78 is 5.29. The fraction of sp³-hybridized carbons (Fsp3) is 0.222. The van der Waals surface area contributed by atoms with E-state index in [4.69, 9.17) is 27.9 Å². The molecule has 1 aliphatic rings. The number of halogens is 2. The molecule has 2 aromatic carbocycles. The van der Waals surface area contributed by atoms with Gasteiger partial charge in [-0.2, -0.15) is 0 Å². The van der Waals surface area contributed by atoms with Crippen molar-refractivity contribution in [2.75, 3.05) is 11.4 Å². The average Bonchev–Trinajstić information content (AvgIpc) is 2.97. The first-order valence-electron chi connectivity index (χ1n) is 7.52. The maximum atomic E-state index is 12.6. The third-order valence-electron chi connectivity index (χ3n) is 3.94. The summed E-state index contributed by atoms with van der Waals surface area (Å²) >= 11 is 11.8. The monoisotopic (exact) mass is 363 g/mol. The molecule has 6 heteroatoms. The topological polar surface area (TPSA) is 46.6 Å². The number of nitrogens with zero attached hydrogens (tertiary/aromatic N) is 1. The molecule has 0 N–H and O–H groups in total. The molecule has 0 radical (unpaired) electrons. The number of ether oxygens (including phenoxy) is 1. The highest BCUT2D eigenvalue weighted by molar-refractivity contribution is 6.36. The number of hydrogen-bond acceptors (Lipinski definition) is 3. The zero-order valence-electron chi connectivity index (χ0n) is 13.0. The van der Waals surface area contributed by atoms with Crippen molar-refractivity contribution in [3.8, 4) is 0 Å². The highest BCUT2D eigenvalue weighted by Gasteiger charge is 2.30. The number of rotatable bonds is 3. The molecule has 1 atom stereocenters. The summed E-state index contributed by atoms with van der Waals surface area (Å²) in [6.07, 6.45) is -0.110. The molecule has 2 aromatic rings. The molecule has 4 nitrogen and oxygen atoms in total. The van der Waals surface area contributed by atoms with E-state index in [1.54, 1.807) is 17.9 Å². The summed E-state index contributed by atoms with van der Waals surface area (Å²) in [7, 11) is 0. The molecule has 0 unspecified atom stereocenters. The molecule has 0 fully saturated rings. The second-order valence-corrected chi connectivity index (χ2v) is 6.38. The fourth-order valence-electron chi connectivity index (χ4n) is 2.72. The molecule has 0 bridgehead atoms. The quantitative estimate of drug-likeness (QED) is 0.770. The van der Waals surface area contributed by atoms with Gasteiger partial charge in [-0.05, 0) is 43.2 Å². The van der Waals surface area contributed by atoms with E-state index in [1.165, 1.54) is 12.1 Å². The van der Waals surface area contributed by atoms with Gasteiger partial charge in [-0.3, -0.25) is 4.79 Å². The van der Waals surface area contributed by atoms with Crippen molar-refractivity contribution in [3.05, 3.63) is 63.6 Å². The van der Waals surface area contributed by atoms with E-state index in [1.807, 2.05) is 24.3 Å². The number of carbonyl (C=O) groups excluding carboxylic acids is 2. The van der Waals surface area contributed by atoms with Gasteiger partial charge in [0.2, 0.25) is 0 Å². The highest BCUT2D eigenvalue weighted by atomic mass is 35.5. The molecule has 1 amide bonds. The molecule has 24 heavy (non-hydrogen) atoms. The van der Waals surface area contributed by atoms with Crippen molar-refractivity contribution >= 4 is 40.8 Å². The Kier molecular flexibility index (Phi) is 4.78. The molecule has 0 saturated carbocycles. The van der Waals surface area contributed by atoms with Crippen LogP contribution in [-0.4, -0.2) is 24.5 Å². The number of esters is 1. The summed E-state index contributed by atoms with van der Waals surface area (Å²) in [5.41, 5.74) is 2.17. The van der Waals surface area contributed by atoms with E-state index in [-0.39, 0.29) is 16.5 Å². The van der Waals surface area contributed by atoms with E-state index in [2.05, 4.69) is 0 Å². The van der Waals surface area contributed by atoms with Gasteiger partial charge in [-0.15, -0.1) is 0 Å². The van der Waals surface area contributed by atoms with Gasteiger partial charge in [0.25, 0.3) is 5.91 Å². The van der Waals surface area contributed by atoms with E-state index in [0.29, 0.717) is 11.6 Å². The lowest BCUT2D eigenvalue weighted by Gasteiger charge is -2.21. The van der Waals surface area contributed by atoms with Gasteiger partial charge in [0, 0.05) is 17.3 Å². The number of para-hydroxylation sites is 1. The third kappa shape index (κ3) is 3.25. The Morgan fingerprint density at radius 1 is 1.17 bits per heavy atom. The van der Waals surface area contributed by atoms with Crippen LogP contribution in [0.2, 0.25) is 10.0 Å². The van der Waals surface area contributed by atoms with E-state index in [0.717, 1.165) is 17.7 Å². The minimum absolute atomic E-state index is 0.183. The summed E-state index contributed by atoms with van der Waals surface area (Å²) in [4.78, 5) is 26.5. The zero-order valence-corrected chi connectivity index (χ0v) is 14.5. The van der Waals surface area contributed by atoms with Crippen molar-refractivity contribution in [2.24, 2.45) is 0 Å². The van der Waals surface area contributed by atoms with Crippen LogP contribution in [0.15, 0.2) is 42.5 Å². The van der Waals surface area contributed by atoms with E-state index >= 15 is 0 Å². The molecule has 1 aliphatic heterocycles. The van der Waals surface area contributed by atoms with Gasteiger partial charge in [-0.25, -0.2) is 4.79 Å². The standard InChI is InChI=1S/C18H15Cl2NO3/c1-11(24-18(23)14-7-6-13(19)10-15(14)20)17(22)21-9-8-12-4-2-3-5-16(12)21/h2-7,10-11H,8-9H2,1H3/t11-/m1/s1. The first-order valence-corrected chi connectivity index (χ1v) is 8.28. The van der Waals surface area contributed by atoms with Gasteiger partial charge >= 0.3 is 5.97 Å². The molecule has 0 saturated heterocycles. The predicted octanol–water partition coefficient (Wildman–Crippen LogP) is 4.13. The number of anilines is 1. The third-order valence-corrected chi connectivity index (χ3v) is 4.48. The smallest absolute Gasteiger partial charge is 0.340 e. The van der Waals surface area contributed by atoms with E-state index < -0.39 is 12.1 Å². The van der Waals surface area contributed by atoms with Crippen LogP contribution in [-0.2, 0) is 16.0 Å². The van der Waals surface area contributed by atoms with Gasteiger partial charge in [0.15, 0.2) is 6.10 Å². The van der Waals surface area contributed by atoms with Gasteiger partial charge < -0.3 is 9.64 Å². The maximum absolute atomic E-state index is 12.6. The van der Waals surface area contributed by atoms with Crippen LogP contribution < -0.4 is 4.90 Å². The number of carbonyl (C=O) groups is 2. The molecule has 0 spiro atoms. The Hall–Kier alpha value is -2.04. The Bertz CT molecular complexity index is 807. The number of benzene rings is 2. The lowest BCUT2D eigenvalue weighted by atomic mass is 10.2. The van der Waals surface area contributed by atoms with Crippen LogP contribution in [0, 0.1) is 0 Å². The Morgan fingerprint density at radius 3 is 2.67 bits per heavy atom. The van der Waals surface area contributed by atoms with Crippen LogP contribution in [0.1, 0.15) is 22.8 Å². The van der Waals surface area contributed by atoms with Crippen molar-refractivity contribution in [1.82, 2.24) is 0 Å². The van der Waals surface area contributed by atoms with Gasteiger partial charge in [0.1, 0.15) is 0 Å². The van der Waals surface area contributed by atoms with Crippen LogP contribution >= 0.6 is 23.2 Å². The normalized spacial score (nSPS) is 14.2. The van der Waals surface area contributed by atoms with Crippen LogP contribution in [0.25, 0.3) is 0 Å². The Labute approximate surface area is 149 Å². The maximum Gasteiger partial charge on any atom is 0.340 e. The van der Waals surface area contributed by atoms with Gasteiger partial charge in [0.05, 0.1) is 10.6 Å². The largest absolute Gasteiger partial charge is 0.449 e. The molecule has 1 heterocycles. The SMILES string of the molecule is C[C@@H](OC(=O)c1ccc(Cl)cc1Cl)C(=O)N1CCc2ccccc21. The Balaban J connectivity index is 1.72. The van der Waals surface area contributed by atoms with Crippen molar-refractivity contribution in [1.29, 1.82) is 0 Å². The summed E-state index contributed by atoms with van der Waals surface area (Å²) in [6, 6.07) is 12.2. The summed E-state index contributed by atoms with van der Waals surface area (Å²) in [5, 5.41) is 0.619. The second-order valence-electron chi connectivity index (χ2n) is 5.54. The van der Waals surface area contributed by atoms with E-state index in [9.17, 15) is 9.59 Å². The van der Waals surface area contributed by atoms with Crippen molar-refractivity contribution < 1.29 is 14.3 Å². The highest BCUT2D eigenvalue weighted by Crippen LogP contribution is 2.28. The van der Waals surface area contributed by atoms with Crippen LogP contribution in [0.4, 0.5) is 5.69 Å². The second kappa shape index (κ2) is 6.83. The summed E-state index contributed by atoms with van der Waals surface area (Å²) in [5.74, 6) is -0.900. The molecule has 3 rings (SSSR count). The van der Waals surface area contributed by atoms with Crippen LogP contribution in [0.3, 0.4) is 0 Å². The number of hydrogen-bond donors (Lipinski definition) is 0. The molecule has 0 aromatic heterocycles. The minimum atomic E-state index is -0.907. The minimum Gasteiger partial charge on any atom is -0.449 e. The molecule has 124 valence electrons. The van der Waals surface area contributed by atoms with Crippen molar-refractivity contribution in [3.63, 3.8) is 0 Å². The zero-order chi connectivity index (χ0) is 17.3. The lowest BCUT2D eigenvalue weighted by molar-refractivity contribution is -0.126. The number of amides is 1. The van der Waals surface area contributed by atoms with Crippen molar-refractivity contribution in [2.45, 2.75) is 19.4 Å². The lowest BCUT2D eigenvalue weighted by Crippen LogP contribution is -2.39. The fourth-order valence-corrected chi connectivity index (χ4v) is 3.20. The molecule has 0 aliphatic carbocycles. The molecular formula is C18H15Cl2NO3. The number of fused-ring (bicyclic) bond motifs is 1. The first-order chi connectivity index (χ1) is 11.5. The Morgan fingerprint density at radius 2 is 1.92 bits per heavy atom.